The molecule has 1 amide bonds. The highest BCUT2D eigenvalue weighted by molar-refractivity contribution is 7.98. The summed E-state index contributed by atoms with van der Waals surface area (Å²) in [5.74, 6) is 1.02. The molecule has 0 spiro atoms. The number of hydrogen-bond acceptors (Lipinski definition) is 3. The van der Waals surface area contributed by atoms with Gasteiger partial charge in [-0.25, -0.2) is 4.39 Å². The molecule has 1 N–H and O–H groups in total. The van der Waals surface area contributed by atoms with E-state index in [0.29, 0.717) is 30.0 Å². The van der Waals surface area contributed by atoms with E-state index in [0.717, 1.165) is 22.7 Å². The van der Waals surface area contributed by atoms with Gasteiger partial charge in [0.2, 0.25) is 0 Å². The number of carbonyl (C=O) groups excluding carboxylic acids is 1. The molecule has 0 aliphatic heterocycles. The van der Waals surface area contributed by atoms with E-state index in [1.165, 1.54) is 11.6 Å². The highest BCUT2D eigenvalue weighted by atomic mass is 32.2. The summed E-state index contributed by atoms with van der Waals surface area (Å²) in [4.78, 5) is 12.7. The Labute approximate surface area is 175 Å². The van der Waals surface area contributed by atoms with Crippen molar-refractivity contribution in [1.82, 2.24) is 15.1 Å². The summed E-state index contributed by atoms with van der Waals surface area (Å²) < 4.78 is 15.5. The van der Waals surface area contributed by atoms with Crippen LogP contribution in [-0.4, -0.2) is 28.0 Å². The molecule has 0 saturated heterocycles. The van der Waals surface area contributed by atoms with Gasteiger partial charge in [0, 0.05) is 23.7 Å². The first-order valence-electron chi connectivity index (χ1n) is 9.64. The summed E-state index contributed by atoms with van der Waals surface area (Å²) >= 11 is 1.60. The first-order chi connectivity index (χ1) is 14.0. The fourth-order valence-corrected chi connectivity index (χ4v) is 4.01. The Hall–Kier alpha value is -2.60. The Morgan fingerprint density at radius 3 is 2.55 bits per heavy atom. The zero-order valence-electron chi connectivity index (χ0n) is 17.0. The molecule has 2 aromatic carbocycles. The van der Waals surface area contributed by atoms with Crippen LogP contribution in [-0.2, 0) is 12.3 Å². The fourth-order valence-electron chi connectivity index (χ4n) is 3.17. The van der Waals surface area contributed by atoms with Crippen LogP contribution in [0.2, 0.25) is 0 Å². The monoisotopic (exact) mass is 411 g/mol. The Bertz CT molecular complexity index is 982. The molecule has 29 heavy (non-hydrogen) atoms. The van der Waals surface area contributed by atoms with Gasteiger partial charge in [-0.1, -0.05) is 48.0 Å². The highest BCUT2D eigenvalue weighted by Crippen LogP contribution is 2.17. The summed E-state index contributed by atoms with van der Waals surface area (Å²) in [7, 11) is 0. The van der Waals surface area contributed by atoms with Gasteiger partial charge in [-0.15, -0.1) is 0 Å². The molecule has 6 heteroatoms. The molecular weight excluding hydrogens is 385 g/mol. The summed E-state index contributed by atoms with van der Waals surface area (Å²) in [5, 5.41) is 7.51. The second-order valence-corrected chi connectivity index (χ2v) is 8.19. The molecular formula is C23H26FN3OS. The van der Waals surface area contributed by atoms with E-state index < -0.39 is 0 Å². The van der Waals surface area contributed by atoms with Crippen molar-refractivity contribution >= 4 is 17.7 Å². The number of hydrogen-bond donors (Lipinski definition) is 1. The van der Waals surface area contributed by atoms with Crippen LogP contribution in [0.3, 0.4) is 0 Å². The summed E-state index contributed by atoms with van der Waals surface area (Å²) in [6, 6.07) is 15.1. The zero-order valence-corrected chi connectivity index (χ0v) is 17.9. The molecule has 4 nitrogen and oxygen atoms in total. The third-order valence-electron chi connectivity index (χ3n) is 4.81. The van der Waals surface area contributed by atoms with Crippen molar-refractivity contribution in [2.24, 2.45) is 0 Å². The maximum atomic E-state index is 13.6. The number of amides is 1. The molecule has 1 heterocycles. The van der Waals surface area contributed by atoms with Gasteiger partial charge in [0.05, 0.1) is 17.8 Å². The summed E-state index contributed by atoms with van der Waals surface area (Å²) in [6.07, 6.45) is 0. The van der Waals surface area contributed by atoms with Crippen LogP contribution >= 0.6 is 11.8 Å². The number of aromatic nitrogens is 2. The van der Waals surface area contributed by atoms with E-state index >= 15 is 0 Å². The molecule has 0 unspecified atom stereocenters. The van der Waals surface area contributed by atoms with Crippen molar-refractivity contribution in [2.75, 3.05) is 12.3 Å². The lowest BCUT2D eigenvalue weighted by atomic mass is 10.1. The molecule has 1 aromatic heterocycles. The minimum absolute atomic E-state index is 0.110. The first kappa shape index (κ1) is 21.1. The van der Waals surface area contributed by atoms with E-state index in [2.05, 4.69) is 41.6 Å². The van der Waals surface area contributed by atoms with Gasteiger partial charge in [-0.2, -0.15) is 16.9 Å². The van der Waals surface area contributed by atoms with Crippen molar-refractivity contribution in [2.45, 2.75) is 33.1 Å². The lowest BCUT2D eigenvalue weighted by molar-refractivity contribution is 0.0955. The Kier molecular flexibility index (Phi) is 7.09. The predicted octanol–water partition coefficient (Wildman–Crippen LogP) is 4.66. The third kappa shape index (κ3) is 5.48. The average molecular weight is 412 g/mol. The molecule has 3 aromatic rings. The first-order valence-corrected chi connectivity index (χ1v) is 10.8. The van der Waals surface area contributed by atoms with Gasteiger partial charge in [0.25, 0.3) is 5.91 Å². The van der Waals surface area contributed by atoms with Crippen LogP contribution < -0.4 is 5.32 Å². The molecule has 152 valence electrons. The molecule has 0 aliphatic carbocycles. The van der Waals surface area contributed by atoms with Gasteiger partial charge in [0.15, 0.2) is 0 Å². The fraction of sp³-hybridized carbons (Fsp3) is 0.304. The Balaban J connectivity index is 1.53. The molecule has 0 aliphatic rings. The van der Waals surface area contributed by atoms with Crippen LogP contribution in [0.5, 0.6) is 0 Å². The summed E-state index contributed by atoms with van der Waals surface area (Å²) in [6.45, 7) is 7.01. The quantitative estimate of drug-likeness (QED) is 0.549. The number of rotatable bonds is 8. The lowest BCUT2D eigenvalue weighted by Crippen LogP contribution is -2.26. The van der Waals surface area contributed by atoms with Crippen molar-refractivity contribution in [3.05, 3.63) is 88.0 Å². The minimum atomic E-state index is -0.184. The maximum Gasteiger partial charge on any atom is 0.255 e. The Morgan fingerprint density at radius 1 is 1.10 bits per heavy atom. The molecule has 0 radical (unpaired) electrons. The average Bonchev–Trinajstić information content (AvgIpc) is 2.98. The van der Waals surface area contributed by atoms with Crippen LogP contribution in [0.1, 0.15) is 38.4 Å². The van der Waals surface area contributed by atoms with Crippen LogP contribution in [0.15, 0.2) is 48.5 Å². The number of nitrogens with zero attached hydrogens (tertiary/aromatic N) is 2. The van der Waals surface area contributed by atoms with E-state index in [1.54, 1.807) is 23.9 Å². The minimum Gasteiger partial charge on any atom is -0.351 e. The van der Waals surface area contributed by atoms with Gasteiger partial charge in [-0.05, 0) is 38.0 Å². The number of benzene rings is 2. The van der Waals surface area contributed by atoms with E-state index in [4.69, 9.17) is 0 Å². The smallest absolute Gasteiger partial charge is 0.255 e. The van der Waals surface area contributed by atoms with Crippen LogP contribution in [0.4, 0.5) is 4.39 Å². The SMILES string of the molecule is Cc1ccc(Cn2nc(C)c(C(=O)NCCSCc3ccccc3F)c2C)cc1. The number of carbonyl (C=O) groups is 1. The van der Waals surface area contributed by atoms with Gasteiger partial charge in [-0.3, -0.25) is 9.48 Å². The third-order valence-corrected chi connectivity index (χ3v) is 5.82. The highest BCUT2D eigenvalue weighted by Gasteiger charge is 2.18. The van der Waals surface area contributed by atoms with E-state index in [9.17, 15) is 9.18 Å². The summed E-state index contributed by atoms with van der Waals surface area (Å²) in [5.41, 5.74) is 5.28. The number of aryl methyl sites for hydroxylation is 2. The van der Waals surface area contributed by atoms with Crippen LogP contribution in [0, 0.1) is 26.6 Å². The van der Waals surface area contributed by atoms with Crippen molar-refractivity contribution in [3.8, 4) is 0 Å². The maximum absolute atomic E-state index is 13.6. The molecule has 0 bridgehead atoms. The molecule has 0 fully saturated rings. The standard InChI is InChI=1S/C23H26FN3OS/c1-16-8-10-19(11-9-16)14-27-18(3)22(17(2)26-27)23(28)25-12-13-29-15-20-6-4-5-7-21(20)24/h4-11H,12-15H2,1-3H3,(H,25,28). The van der Waals surface area contributed by atoms with Crippen molar-refractivity contribution in [1.29, 1.82) is 0 Å². The van der Waals surface area contributed by atoms with Crippen LogP contribution in [0.25, 0.3) is 0 Å². The molecule has 3 rings (SSSR count). The van der Waals surface area contributed by atoms with Gasteiger partial charge < -0.3 is 5.32 Å². The number of halogens is 1. The Morgan fingerprint density at radius 2 is 1.83 bits per heavy atom. The van der Waals surface area contributed by atoms with E-state index in [1.807, 2.05) is 24.6 Å². The van der Waals surface area contributed by atoms with Gasteiger partial charge >= 0.3 is 0 Å². The molecule has 0 atom stereocenters. The topological polar surface area (TPSA) is 46.9 Å². The lowest BCUT2D eigenvalue weighted by Gasteiger charge is -2.08. The van der Waals surface area contributed by atoms with E-state index in [-0.39, 0.29) is 11.7 Å². The normalized spacial score (nSPS) is 10.9. The van der Waals surface area contributed by atoms with Crippen molar-refractivity contribution in [3.63, 3.8) is 0 Å². The van der Waals surface area contributed by atoms with Crippen molar-refractivity contribution < 1.29 is 9.18 Å². The van der Waals surface area contributed by atoms with Gasteiger partial charge in [0.1, 0.15) is 5.82 Å². The second-order valence-electron chi connectivity index (χ2n) is 7.09. The second kappa shape index (κ2) is 9.74. The zero-order chi connectivity index (χ0) is 20.8. The predicted molar refractivity (Wildman–Crippen MR) is 117 cm³/mol. The molecule has 0 saturated carbocycles. The number of thioether (sulfide) groups is 1. The number of nitrogens with one attached hydrogen (secondary N) is 1. The largest absolute Gasteiger partial charge is 0.351 e.